The van der Waals surface area contributed by atoms with E-state index >= 15 is 0 Å². The molecule has 0 heterocycles. The van der Waals surface area contributed by atoms with Crippen molar-refractivity contribution in [1.82, 2.24) is 10.6 Å². The highest BCUT2D eigenvalue weighted by Crippen LogP contribution is 2.32. The molecule has 0 aliphatic heterocycles. The minimum atomic E-state index is -0.411. The van der Waals surface area contributed by atoms with Gasteiger partial charge in [-0.25, -0.2) is 4.79 Å². The third kappa shape index (κ3) is 3.12. The number of methoxy groups -OCH3 is 1. The van der Waals surface area contributed by atoms with Gasteiger partial charge in [0.15, 0.2) is 0 Å². The predicted octanol–water partition coefficient (Wildman–Crippen LogP) is 2.31. The lowest BCUT2D eigenvalue weighted by Crippen LogP contribution is -2.26. The van der Waals surface area contributed by atoms with Crippen LogP contribution in [0.4, 0.5) is 4.79 Å². The molecule has 2 rings (SSSR count). The van der Waals surface area contributed by atoms with Crippen LogP contribution in [-0.2, 0) is 11.2 Å². The number of fused-ring (bicyclic) bond motifs is 1. The van der Waals surface area contributed by atoms with Crippen molar-refractivity contribution < 1.29 is 9.53 Å². The lowest BCUT2D eigenvalue weighted by Gasteiger charge is -2.16. The van der Waals surface area contributed by atoms with Crippen molar-refractivity contribution in [2.45, 2.75) is 31.8 Å². The Morgan fingerprint density at radius 3 is 3.10 bits per heavy atom. The summed E-state index contributed by atoms with van der Waals surface area (Å²) in [6.45, 7) is 2.54. The zero-order valence-corrected chi connectivity index (χ0v) is 11.9. The molecule has 0 fully saturated rings. The number of terminal acetylenes is 1. The van der Waals surface area contributed by atoms with Crippen LogP contribution in [0.25, 0.3) is 0 Å². The lowest BCUT2D eigenvalue weighted by molar-refractivity contribution is 0.167. The second kappa shape index (κ2) is 6.44. The molecule has 4 nitrogen and oxygen atoms in total. The number of aryl methyl sites for hydroxylation is 1. The molecule has 0 aromatic heterocycles. The summed E-state index contributed by atoms with van der Waals surface area (Å²) in [6, 6.07) is 6.62. The number of rotatable bonds is 4. The largest absolute Gasteiger partial charge is 0.453 e. The van der Waals surface area contributed by atoms with Crippen molar-refractivity contribution in [3.63, 3.8) is 0 Å². The van der Waals surface area contributed by atoms with Crippen LogP contribution >= 0.6 is 0 Å². The van der Waals surface area contributed by atoms with E-state index in [0.717, 1.165) is 18.4 Å². The summed E-state index contributed by atoms with van der Waals surface area (Å²) < 4.78 is 4.62. The molecule has 1 amide bonds. The molecule has 1 aliphatic rings. The van der Waals surface area contributed by atoms with Gasteiger partial charge in [-0.1, -0.05) is 24.1 Å². The summed E-state index contributed by atoms with van der Waals surface area (Å²) in [5.41, 5.74) is 3.73. The highest BCUT2D eigenvalue weighted by molar-refractivity contribution is 5.67. The topological polar surface area (TPSA) is 50.4 Å². The molecule has 2 atom stereocenters. The molecule has 20 heavy (non-hydrogen) atoms. The third-order valence-electron chi connectivity index (χ3n) is 3.72. The average molecular weight is 272 g/mol. The maximum absolute atomic E-state index is 11.2. The summed E-state index contributed by atoms with van der Waals surface area (Å²) in [7, 11) is 1.37. The number of alkyl carbamates (subject to hydrolysis) is 1. The van der Waals surface area contributed by atoms with Crippen LogP contribution in [0, 0.1) is 12.3 Å². The van der Waals surface area contributed by atoms with Gasteiger partial charge in [0.2, 0.25) is 0 Å². The number of nitrogens with one attached hydrogen (secondary N) is 2. The molecule has 0 unspecified atom stereocenters. The van der Waals surface area contributed by atoms with Crippen LogP contribution in [0.15, 0.2) is 18.2 Å². The quantitative estimate of drug-likeness (QED) is 0.827. The zero-order chi connectivity index (χ0) is 14.5. The first-order valence-electron chi connectivity index (χ1n) is 6.79. The Kier molecular flexibility index (Phi) is 4.65. The van der Waals surface area contributed by atoms with Crippen molar-refractivity contribution in [2.24, 2.45) is 0 Å². The Balaban J connectivity index is 2.09. The molecule has 106 valence electrons. The molecule has 0 saturated carbocycles. The Morgan fingerprint density at radius 1 is 1.60 bits per heavy atom. The standard InChI is InChI=1S/C16H20N2O2/c1-4-9-17-15-8-6-13-10-12(5-7-14(13)15)11(2)18-16(19)20-3/h1,5,7,10-11,15,17H,6,8-9H2,2-3H3,(H,18,19)/t11-,15-/m1/s1. The first kappa shape index (κ1) is 14.4. The van der Waals surface area contributed by atoms with E-state index in [0.29, 0.717) is 12.6 Å². The number of hydrogen-bond donors (Lipinski definition) is 2. The third-order valence-corrected chi connectivity index (χ3v) is 3.72. The van der Waals surface area contributed by atoms with Crippen LogP contribution < -0.4 is 10.6 Å². The minimum absolute atomic E-state index is 0.0644. The number of amides is 1. The van der Waals surface area contributed by atoms with Crippen molar-refractivity contribution in [3.8, 4) is 12.3 Å². The summed E-state index contributed by atoms with van der Waals surface area (Å²) >= 11 is 0. The first-order valence-corrected chi connectivity index (χ1v) is 6.79. The molecule has 2 N–H and O–H groups in total. The second-order valence-corrected chi connectivity index (χ2v) is 4.99. The normalized spacial score (nSPS) is 17.9. The lowest BCUT2D eigenvalue weighted by atomic mass is 10.0. The van der Waals surface area contributed by atoms with Crippen LogP contribution in [0.3, 0.4) is 0 Å². The first-order chi connectivity index (χ1) is 9.65. The minimum Gasteiger partial charge on any atom is -0.453 e. The Hall–Kier alpha value is -1.99. The van der Waals surface area contributed by atoms with Crippen LogP contribution in [0.2, 0.25) is 0 Å². The number of carbonyl (C=O) groups excluding carboxylic acids is 1. The van der Waals surface area contributed by atoms with Gasteiger partial charge in [-0.3, -0.25) is 5.32 Å². The van der Waals surface area contributed by atoms with Crippen LogP contribution in [-0.4, -0.2) is 19.7 Å². The van der Waals surface area contributed by atoms with Crippen molar-refractivity contribution in [1.29, 1.82) is 0 Å². The van der Waals surface area contributed by atoms with Gasteiger partial charge in [0.05, 0.1) is 19.7 Å². The molecule has 1 aromatic rings. The van der Waals surface area contributed by atoms with Gasteiger partial charge in [-0.15, -0.1) is 6.42 Å². The van der Waals surface area contributed by atoms with E-state index in [1.807, 2.05) is 6.92 Å². The van der Waals surface area contributed by atoms with Gasteiger partial charge in [0, 0.05) is 6.04 Å². The van der Waals surface area contributed by atoms with E-state index in [1.54, 1.807) is 0 Å². The Morgan fingerprint density at radius 2 is 2.40 bits per heavy atom. The monoisotopic (exact) mass is 272 g/mol. The summed E-state index contributed by atoms with van der Waals surface area (Å²) in [5, 5.41) is 6.13. The van der Waals surface area contributed by atoms with Gasteiger partial charge in [0.25, 0.3) is 0 Å². The van der Waals surface area contributed by atoms with Crippen LogP contribution in [0.5, 0.6) is 0 Å². The van der Waals surface area contributed by atoms with Gasteiger partial charge in [-0.05, 0) is 36.5 Å². The number of benzene rings is 1. The summed E-state index contributed by atoms with van der Waals surface area (Å²) in [6.07, 6.45) is 6.98. The highest BCUT2D eigenvalue weighted by Gasteiger charge is 2.22. The fourth-order valence-corrected chi connectivity index (χ4v) is 2.62. The second-order valence-electron chi connectivity index (χ2n) is 4.99. The maximum Gasteiger partial charge on any atom is 0.407 e. The summed E-state index contributed by atoms with van der Waals surface area (Å²) in [5.74, 6) is 2.61. The molecular formula is C16H20N2O2. The SMILES string of the molecule is C#CCN[C@@H]1CCc2cc([C@@H](C)NC(=O)OC)ccc21. The maximum atomic E-state index is 11.2. The molecule has 0 radical (unpaired) electrons. The molecule has 0 saturated heterocycles. The highest BCUT2D eigenvalue weighted by atomic mass is 16.5. The van der Waals surface area contributed by atoms with Gasteiger partial charge in [0.1, 0.15) is 0 Å². The van der Waals surface area contributed by atoms with E-state index in [1.165, 1.54) is 18.2 Å². The Labute approximate surface area is 119 Å². The smallest absolute Gasteiger partial charge is 0.407 e. The number of hydrogen-bond acceptors (Lipinski definition) is 3. The molecule has 0 bridgehead atoms. The number of carbonyl (C=O) groups is 1. The zero-order valence-electron chi connectivity index (χ0n) is 11.9. The Bertz CT molecular complexity index is 534. The molecule has 1 aromatic carbocycles. The van der Waals surface area contributed by atoms with Crippen LogP contribution in [0.1, 0.15) is 42.1 Å². The van der Waals surface area contributed by atoms with Gasteiger partial charge >= 0.3 is 6.09 Å². The van der Waals surface area contributed by atoms with Gasteiger partial charge < -0.3 is 10.1 Å². The molecular weight excluding hydrogens is 252 g/mol. The van der Waals surface area contributed by atoms with Crippen molar-refractivity contribution in [2.75, 3.05) is 13.7 Å². The average Bonchev–Trinajstić information content (AvgIpc) is 2.87. The van der Waals surface area contributed by atoms with E-state index in [4.69, 9.17) is 6.42 Å². The summed E-state index contributed by atoms with van der Waals surface area (Å²) in [4.78, 5) is 11.2. The fourth-order valence-electron chi connectivity index (χ4n) is 2.62. The fraction of sp³-hybridized carbons (Fsp3) is 0.438. The predicted molar refractivity (Wildman–Crippen MR) is 78.3 cm³/mol. The van der Waals surface area contributed by atoms with E-state index < -0.39 is 6.09 Å². The van der Waals surface area contributed by atoms with E-state index in [-0.39, 0.29) is 6.04 Å². The molecule has 4 heteroatoms. The van der Waals surface area contributed by atoms with Gasteiger partial charge in [-0.2, -0.15) is 0 Å². The molecule has 0 spiro atoms. The molecule has 1 aliphatic carbocycles. The number of ether oxygens (including phenoxy) is 1. The van der Waals surface area contributed by atoms with E-state index in [2.05, 4.69) is 39.5 Å². The van der Waals surface area contributed by atoms with Crippen molar-refractivity contribution >= 4 is 6.09 Å². The van der Waals surface area contributed by atoms with E-state index in [9.17, 15) is 4.79 Å². The van der Waals surface area contributed by atoms with Crippen molar-refractivity contribution in [3.05, 3.63) is 34.9 Å².